The maximum Gasteiger partial charge on any atom is 0.132 e. The van der Waals surface area contributed by atoms with Gasteiger partial charge in [0.25, 0.3) is 0 Å². The average molecular weight is 259 g/mol. The van der Waals surface area contributed by atoms with Crippen molar-refractivity contribution < 1.29 is 9.00 Å². The number of hydrogen-bond acceptors (Lipinski definition) is 2. The molecule has 0 saturated heterocycles. The molecular weight excluding hydrogens is 244 g/mol. The second kappa shape index (κ2) is 6.81. The van der Waals surface area contributed by atoms with Gasteiger partial charge in [-0.15, -0.1) is 0 Å². The van der Waals surface area contributed by atoms with Crippen LogP contribution < -0.4 is 0 Å². The van der Waals surface area contributed by atoms with Gasteiger partial charge < -0.3 is 0 Å². The minimum absolute atomic E-state index is 0.230. The van der Waals surface area contributed by atoms with E-state index < -0.39 is 10.8 Å². The average Bonchev–Trinajstić information content (AvgIpc) is 2.29. The van der Waals surface area contributed by atoms with Crippen molar-refractivity contribution in [2.45, 2.75) is 31.1 Å². The molecule has 1 atom stereocenters. The highest BCUT2D eigenvalue weighted by Crippen LogP contribution is 2.13. The Balaban J connectivity index is 2.41. The van der Waals surface area contributed by atoms with Gasteiger partial charge in [0.2, 0.25) is 0 Å². The topological polar surface area (TPSA) is 34.1 Å². The Kier molecular flexibility index (Phi) is 5.71. The first kappa shape index (κ1) is 13.4. The van der Waals surface area contributed by atoms with E-state index in [1.54, 1.807) is 24.3 Å². The van der Waals surface area contributed by atoms with E-state index in [1.807, 2.05) is 6.92 Å². The molecule has 88 valence electrons. The third kappa shape index (κ3) is 4.45. The predicted molar refractivity (Wildman–Crippen MR) is 67.3 cm³/mol. The van der Waals surface area contributed by atoms with E-state index in [0.29, 0.717) is 30.0 Å². The Morgan fingerprint density at radius 3 is 2.50 bits per heavy atom. The third-order valence-corrected chi connectivity index (χ3v) is 3.97. The second-order valence-corrected chi connectivity index (χ2v) is 5.51. The van der Waals surface area contributed by atoms with Gasteiger partial charge in [-0.2, -0.15) is 0 Å². The summed E-state index contributed by atoms with van der Waals surface area (Å²) in [6, 6.07) is 6.98. The molecule has 2 nitrogen and oxygen atoms in total. The monoisotopic (exact) mass is 258 g/mol. The lowest BCUT2D eigenvalue weighted by Gasteiger charge is -2.01. The number of benzene rings is 1. The summed E-state index contributed by atoms with van der Waals surface area (Å²) in [6.45, 7) is 1.85. The molecule has 0 heterocycles. The number of halogens is 1. The fraction of sp³-hybridized carbons (Fsp3) is 0.417. The summed E-state index contributed by atoms with van der Waals surface area (Å²) in [5.41, 5.74) is 0. The van der Waals surface area contributed by atoms with Gasteiger partial charge in [0.1, 0.15) is 5.78 Å². The van der Waals surface area contributed by atoms with Crippen molar-refractivity contribution >= 4 is 28.2 Å². The number of Topliss-reactive ketones (excluding diaryl/α,β-unsaturated/α-hetero) is 1. The van der Waals surface area contributed by atoms with Gasteiger partial charge >= 0.3 is 0 Å². The fourth-order valence-electron chi connectivity index (χ4n) is 1.28. The summed E-state index contributed by atoms with van der Waals surface area (Å²) in [5, 5.41) is 0.641. The van der Waals surface area contributed by atoms with E-state index in [0.717, 1.165) is 4.90 Å². The quantitative estimate of drug-likeness (QED) is 0.785. The van der Waals surface area contributed by atoms with Crippen LogP contribution in [0.25, 0.3) is 0 Å². The molecule has 0 spiro atoms. The number of hydrogen-bond donors (Lipinski definition) is 0. The van der Waals surface area contributed by atoms with E-state index >= 15 is 0 Å². The van der Waals surface area contributed by atoms with Crippen LogP contribution in [0.4, 0.5) is 0 Å². The zero-order chi connectivity index (χ0) is 12.0. The molecule has 1 unspecified atom stereocenters. The number of rotatable bonds is 6. The maximum absolute atomic E-state index is 11.8. The maximum atomic E-state index is 11.8. The van der Waals surface area contributed by atoms with Crippen LogP contribution in [0.15, 0.2) is 29.2 Å². The smallest absolute Gasteiger partial charge is 0.132 e. The van der Waals surface area contributed by atoms with Gasteiger partial charge in [0, 0.05) is 28.5 Å². The van der Waals surface area contributed by atoms with Gasteiger partial charge in [0.05, 0.1) is 10.8 Å². The molecule has 4 heteroatoms. The molecule has 16 heavy (non-hydrogen) atoms. The summed E-state index contributed by atoms with van der Waals surface area (Å²) in [6.07, 6.45) is 1.77. The van der Waals surface area contributed by atoms with Crippen molar-refractivity contribution in [3.63, 3.8) is 0 Å². The van der Waals surface area contributed by atoms with Crippen molar-refractivity contribution in [2.75, 3.05) is 5.75 Å². The first-order valence-corrected chi connectivity index (χ1v) is 6.99. The molecule has 0 aromatic heterocycles. The lowest BCUT2D eigenvalue weighted by molar-refractivity contribution is -0.118. The van der Waals surface area contributed by atoms with E-state index in [-0.39, 0.29) is 5.78 Å². The van der Waals surface area contributed by atoms with Crippen molar-refractivity contribution in [1.29, 1.82) is 0 Å². The molecule has 0 aliphatic heterocycles. The number of carbonyl (C=O) groups is 1. The number of carbonyl (C=O) groups excluding carboxylic acids is 1. The summed E-state index contributed by atoms with van der Waals surface area (Å²) >= 11 is 5.74. The van der Waals surface area contributed by atoms with E-state index in [4.69, 9.17) is 11.6 Å². The summed E-state index contributed by atoms with van der Waals surface area (Å²) in [5.74, 6) is 0.765. The molecule has 0 aliphatic rings. The number of ketones is 1. The first-order chi connectivity index (χ1) is 7.63. The third-order valence-electron chi connectivity index (χ3n) is 2.26. The van der Waals surface area contributed by atoms with E-state index in [9.17, 15) is 9.00 Å². The highest BCUT2D eigenvalue weighted by Gasteiger charge is 2.05. The van der Waals surface area contributed by atoms with Crippen molar-refractivity contribution in [2.24, 2.45) is 0 Å². The Bertz CT molecular complexity index is 373. The summed E-state index contributed by atoms with van der Waals surface area (Å²) in [4.78, 5) is 11.8. The molecule has 1 rings (SSSR count). The highest BCUT2D eigenvalue weighted by atomic mass is 35.5. The summed E-state index contributed by atoms with van der Waals surface area (Å²) < 4.78 is 11.8. The Morgan fingerprint density at radius 1 is 1.31 bits per heavy atom. The predicted octanol–water partition coefficient (Wildman–Crippen LogP) is 3.21. The molecule has 0 amide bonds. The normalized spacial score (nSPS) is 12.4. The standard InChI is InChI=1S/C12H15ClO2S/c1-2-11(14)4-3-9-16(15)12-7-5-10(13)6-8-12/h5-8H,2-4,9H2,1H3. The molecule has 0 fully saturated rings. The Labute approximate surface area is 103 Å². The largest absolute Gasteiger partial charge is 0.300 e. The van der Waals surface area contributed by atoms with E-state index in [2.05, 4.69) is 0 Å². The van der Waals surface area contributed by atoms with E-state index in [1.165, 1.54) is 0 Å². The van der Waals surface area contributed by atoms with Crippen LogP contribution in [-0.4, -0.2) is 15.7 Å². The molecular formula is C12H15ClO2S. The van der Waals surface area contributed by atoms with Crippen molar-refractivity contribution in [3.8, 4) is 0 Å². The fourth-order valence-corrected chi connectivity index (χ4v) is 2.49. The minimum Gasteiger partial charge on any atom is -0.300 e. The Hall–Kier alpha value is -0.670. The van der Waals surface area contributed by atoms with Crippen LogP contribution in [0, 0.1) is 0 Å². The van der Waals surface area contributed by atoms with Crippen LogP contribution in [0.2, 0.25) is 5.02 Å². The minimum atomic E-state index is -1.02. The van der Waals surface area contributed by atoms with Gasteiger partial charge in [-0.25, -0.2) is 0 Å². The highest BCUT2D eigenvalue weighted by molar-refractivity contribution is 7.85. The van der Waals surface area contributed by atoms with Crippen LogP contribution >= 0.6 is 11.6 Å². The molecule has 0 N–H and O–H groups in total. The molecule has 0 saturated carbocycles. The van der Waals surface area contributed by atoms with Crippen LogP contribution in [-0.2, 0) is 15.6 Å². The van der Waals surface area contributed by atoms with Gasteiger partial charge in [-0.3, -0.25) is 9.00 Å². The zero-order valence-corrected chi connectivity index (χ0v) is 10.8. The van der Waals surface area contributed by atoms with Gasteiger partial charge in [-0.05, 0) is 30.7 Å². The van der Waals surface area contributed by atoms with Crippen LogP contribution in [0.1, 0.15) is 26.2 Å². The Morgan fingerprint density at radius 2 is 1.94 bits per heavy atom. The molecule has 0 radical (unpaired) electrons. The molecule has 0 aliphatic carbocycles. The molecule has 0 bridgehead atoms. The lowest BCUT2D eigenvalue weighted by atomic mass is 10.2. The molecule has 1 aromatic carbocycles. The zero-order valence-electron chi connectivity index (χ0n) is 9.24. The van der Waals surface area contributed by atoms with Crippen LogP contribution in [0.5, 0.6) is 0 Å². The lowest BCUT2D eigenvalue weighted by Crippen LogP contribution is -2.02. The van der Waals surface area contributed by atoms with Crippen LogP contribution in [0.3, 0.4) is 0 Å². The molecule has 1 aromatic rings. The first-order valence-electron chi connectivity index (χ1n) is 5.29. The van der Waals surface area contributed by atoms with Crippen molar-refractivity contribution in [1.82, 2.24) is 0 Å². The summed E-state index contributed by atoms with van der Waals surface area (Å²) in [7, 11) is -1.02. The second-order valence-electron chi connectivity index (χ2n) is 3.50. The SMILES string of the molecule is CCC(=O)CCCS(=O)c1ccc(Cl)cc1. The van der Waals surface area contributed by atoms with Gasteiger partial charge in [0.15, 0.2) is 0 Å². The van der Waals surface area contributed by atoms with Gasteiger partial charge in [-0.1, -0.05) is 18.5 Å². The van der Waals surface area contributed by atoms with Crippen molar-refractivity contribution in [3.05, 3.63) is 29.3 Å².